The fourth-order valence-corrected chi connectivity index (χ4v) is 1.31. The van der Waals surface area contributed by atoms with E-state index in [2.05, 4.69) is 24.0 Å². The van der Waals surface area contributed by atoms with Gasteiger partial charge in [0.25, 0.3) is 0 Å². The number of quaternary nitrogens is 1. The zero-order chi connectivity index (χ0) is 9.52. The van der Waals surface area contributed by atoms with Crippen LogP contribution in [-0.4, -0.2) is 6.54 Å². The van der Waals surface area contributed by atoms with E-state index in [0.29, 0.717) is 0 Å². The molecule has 0 spiro atoms. The molecule has 71 valence electrons. The normalized spacial score (nSPS) is 10.4. The van der Waals surface area contributed by atoms with Gasteiger partial charge in [-0.25, -0.2) is 0 Å². The molecule has 0 aliphatic carbocycles. The summed E-state index contributed by atoms with van der Waals surface area (Å²) >= 11 is 4.94. The molecule has 3 heteroatoms. The van der Waals surface area contributed by atoms with Gasteiger partial charge in [-0.15, -0.1) is 0 Å². The van der Waals surface area contributed by atoms with Crippen molar-refractivity contribution in [1.82, 2.24) is 0 Å². The maximum absolute atomic E-state index is 4.94. The molecule has 1 aromatic carbocycles. The van der Waals surface area contributed by atoms with E-state index in [1.807, 2.05) is 24.3 Å². The first-order valence-corrected chi connectivity index (χ1v) is 4.67. The molecule has 0 saturated carbocycles. The van der Waals surface area contributed by atoms with Crippen LogP contribution in [0.15, 0.2) is 48.4 Å². The molecule has 0 atom stereocenters. The Labute approximate surface area is 116 Å². The Bertz CT molecular complexity index is 295. The molecule has 14 heavy (non-hydrogen) atoms. The molecule has 0 heterocycles. The Balaban J connectivity index is 0.00000169. The Morgan fingerprint density at radius 2 is 2.00 bits per heavy atom. The zero-order valence-electron chi connectivity index (χ0n) is 8.02. The second-order valence-corrected chi connectivity index (χ2v) is 2.90. The minimum Gasteiger partial charge on any atom is -0.782 e. The Hall–Kier alpha value is -0.0161. The van der Waals surface area contributed by atoms with Crippen molar-refractivity contribution < 1.29 is 38.0 Å². The molecule has 0 fully saturated rings. The maximum Gasteiger partial charge on any atom is 0.110 e. The average molecular weight is 280 g/mol. The second-order valence-electron chi connectivity index (χ2n) is 2.67. The largest absolute Gasteiger partial charge is 0.782 e. The van der Waals surface area contributed by atoms with Gasteiger partial charge in [-0.05, 0) is 18.2 Å². The molecule has 0 aliphatic rings. The van der Waals surface area contributed by atoms with Crippen molar-refractivity contribution in [2.24, 2.45) is 0 Å². The minimum absolute atomic E-state index is 0. The number of hydrogen-bond donors (Lipinski definition) is 1. The average Bonchev–Trinajstić information content (AvgIpc) is 2.21. The summed E-state index contributed by atoms with van der Waals surface area (Å²) in [5.74, 6) is 0. The molecule has 0 aliphatic heterocycles. The fraction of sp³-hybridized carbons (Fsp3) is 0.0909. The molecular formula is C11H13NSY. The van der Waals surface area contributed by atoms with Crippen LogP contribution in [0.5, 0.6) is 0 Å². The van der Waals surface area contributed by atoms with Crippen molar-refractivity contribution in [3.05, 3.63) is 54.0 Å². The first kappa shape index (κ1) is 14.0. The van der Waals surface area contributed by atoms with Gasteiger partial charge >= 0.3 is 0 Å². The third-order valence-corrected chi connectivity index (χ3v) is 1.99. The van der Waals surface area contributed by atoms with E-state index in [9.17, 15) is 0 Å². The topological polar surface area (TPSA) is 16.6 Å². The van der Waals surface area contributed by atoms with Crippen molar-refractivity contribution in [2.75, 3.05) is 6.54 Å². The smallest absolute Gasteiger partial charge is 0.110 e. The predicted octanol–water partition coefficient (Wildman–Crippen LogP) is 1.28. The van der Waals surface area contributed by atoms with Crippen molar-refractivity contribution in [3.63, 3.8) is 0 Å². The van der Waals surface area contributed by atoms with Gasteiger partial charge in [0.05, 0.1) is 6.54 Å². The van der Waals surface area contributed by atoms with Gasteiger partial charge in [0, 0.05) is 38.3 Å². The van der Waals surface area contributed by atoms with Gasteiger partial charge in [0.2, 0.25) is 0 Å². The van der Waals surface area contributed by atoms with Gasteiger partial charge in [0.15, 0.2) is 0 Å². The summed E-state index contributed by atoms with van der Waals surface area (Å²) in [5.41, 5.74) is 2.26. The van der Waals surface area contributed by atoms with E-state index in [4.69, 9.17) is 12.6 Å². The van der Waals surface area contributed by atoms with Crippen LogP contribution in [0.25, 0.3) is 5.70 Å². The van der Waals surface area contributed by atoms with Crippen molar-refractivity contribution in [3.8, 4) is 0 Å². The van der Waals surface area contributed by atoms with E-state index in [0.717, 1.165) is 12.2 Å². The summed E-state index contributed by atoms with van der Waals surface area (Å²) in [6.45, 7) is 4.53. The Morgan fingerprint density at radius 3 is 2.50 bits per heavy atom. The van der Waals surface area contributed by atoms with Gasteiger partial charge in [-0.3, -0.25) is 0 Å². The number of nitrogens with two attached hydrogens (primary N) is 1. The fourth-order valence-electron chi connectivity index (χ4n) is 1.07. The monoisotopic (exact) mass is 280 g/mol. The summed E-state index contributed by atoms with van der Waals surface area (Å²) in [5, 5.41) is 3.79. The molecule has 0 saturated heterocycles. The summed E-state index contributed by atoms with van der Waals surface area (Å²) in [4.78, 5) is 0. The summed E-state index contributed by atoms with van der Waals surface area (Å²) < 4.78 is 0. The van der Waals surface area contributed by atoms with Crippen molar-refractivity contribution >= 4 is 18.3 Å². The van der Waals surface area contributed by atoms with Crippen LogP contribution < -0.4 is 5.32 Å². The standard InChI is InChI=1S/C11H13NS.Y/c1-2-8-12-11(9-13)10-6-4-3-5-7-10;/h2-7,9,12-13H,1,8H2;/b11-9-;. The predicted molar refractivity (Wildman–Crippen MR) is 58.8 cm³/mol. The molecule has 2 N–H and O–H groups in total. The third-order valence-electron chi connectivity index (χ3n) is 1.74. The number of rotatable bonds is 4. The molecule has 1 aromatic rings. The maximum atomic E-state index is 4.94. The second kappa shape index (κ2) is 8.31. The van der Waals surface area contributed by atoms with Crippen LogP contribution in [0, 0.1) is 0 Å². The van der Waals surface area contributed by atoms with E-state index >= 15 is 0 Å². The van der Waals surface area contributed by atoms with Gasteiger partial charge < -0.3 is 17.9 Å². The third kappa shape index (κ3) is 4.47. The van der Waals surface area contributed by atoms with E-state index in [1.165, 1.54) is 5.56 Å². The first-order valence-electron chi connectivity index (χ1n) is 4.20. The summed E-state index contributed by atoms with van der Waals surface area (Å²) in [6, 6.07) is 10.1. The van der Waals surface area contributed by atoms with Gasteiger partial charge in [-0.2, -0.15) is 5.41 Å². The number of benzene rings is 1. The van der Waals surface area contributed by atoms with Crippen molar-refractivity contribution in [1.29, 1.82) is 0 Å². The molecule has 1 nitrogen and oxygen atoms in total. The van der Waals surface area contributed by atoms with Gasteiger partial charge in [0.1, 0.15) is 5.70 Å². The van der Waals surface area contributed by atoms with E-state index in [-0.39, 0.29) is 32.7 Å². The molecule has 0 unspecified atom stereocenters. The Kier molecular flexibility index (Phi) is 8.30. The van der Waals surface area contributed by atoms with Crippen LogP contribution in [-0.2, 0) is 45.3 Å². The van der Waals surface area contributed by atoms with Crippen LogP contribution in [0.4, 0.5) is 0 Å². The molecular weight excluding hydrogens is 267 g/mol. The minimum atomic E-state index is 0. The molecule has 0 amide bonds. The van der Waals surface area contributed by atoms with Crippen LogP contribution in [0.2, 0.25) is 0 Å². The van der Waals surface area contributed by atoms with Crippen molar-refractivity contribution in [2.45, 2.75) is 0 Å². The molecule has 1 radical (unpaired) electrons. The molecule has 0 bridgehead atoms. The van der Waals surface area contributed by atoms with Gasteiger partial charge in [-0.1, -0.05) is 24.8 Å². The quantitative estimate of drug-likeness (QED) is 0.649. The SMILES string of the molecule is C=CC[NH2+]/C(=C\[S-])c1ccccc1.[Y]. The van der Waals surface area contributed by atoms with Crippen LogP contribution in [0.1, 0.15) is 5.56 Å². The first-order chi connectivity index (χ1) is 6.38. The summed E-state index contributed by atoms with van der Waals surface area (Å²) in [6.07, 6.45) is 1.86. The Morgan fingerprint density at radius 1 is 1.36 bits per heavy atom. The van der Waals surface area contributed by atoms with E-state index < -0.39 is 0 Å². The van der Waals surface area contributed by atoms with Crippen LogP contribution in [0.3, 0.4) is 0 Å². The number of hydrogen-bond acceptors (Lipinski definition) is 1. The van der Waals surface area contributed by atoms with Crippen LogP contribution >= 0.6 is 0 Å². The van der Waals surface area contributed by atoms with E-state index in [1.54, 1.807) is 5.41 Å². The summed E-state index contributed by atoms with van der Waals surface area (Å²) in [7, 11) is 0. The molecule has 1 rings (SSSR count). The zero-order valence-corrected chi connectivity index (χ0v) is 11.7. The molecule has 0 aromatic heterocycles.